The molecule has 1 saturated carbocycles. The first kappa shape index (κ1) is 11.4. The van der Waals surface area contributed by atoms with Gasteiger partial charge in [0.05, 0.1) is 11.7 Å². The van der Waals surface area contributed by atoms with E-state index in [1.807, 2.05) is 13.2 Å². The molecular formula is C12H17N5O. The molecule has 1 fully saturated rings. The molecule has 0 spiro atoms. The summed E-state index contributed by atoms with van der Waals surface area (Å²) in [6.07, 6.45) is 5.06. The van der Waals surface area contributed by atoms with Crippen molar-refractivity contribution >= 4 is 0 Å². The second-order valence-electron chi connectivity index (χ2n) is 4.80. The number of nitrogens with two attached hydrogens (primary N) is 1. The van der Waals surface area contributed by atoms with Crippen LogP contribution >= 0.6 is 0 Å². The predicted molar refractivity (Wildman–Crippen MR) is 64.9 cm³/mol. The van der Waals surface area contributed by atoms with Gasteiger partial charge in [-0.05, 0) is 19.3 Å². The Morgan fingerprint density at radius 3 is 3.00 bits per heavy atom. The van der Waals surface area contributed by atoms with Gasteiger partial charge in [0.1, 0.15) is 0 Å². The van der Waals surface area contributed by atoms with Gasteiger partial charge in [-0.15, -0.1) is 0 Å². The lowest BCUT2D eigenvalue weighted by molar-refractivity contribution is 0.372. The standard InChI is InChI=1S/C12H17N5O/c1-3-9-8(6-17(2)15-9)10(13)11-14-12(18-16-11)7-4-5-7/h6-7,10H,3-5,13H2,1-2H3. The molecule has 3 rings (SSSR count). The number of hydrogen-bond donors (Lipinski definition) is 1. The number of hydrogen-bond acceptors (Lipinski definition) is 5. The van der Waals surface area contributed by atoms with Gasteiger partial charge in [0.25, 0.3) is 0 Å². The molecule has 2 aromatic rings. The first-order chi connectivity index (χ1) is 8.69. The van der Waals surface area contributed by atoms with Crippen molar-refractivity contribution in [3.05, 3.63) is 29.2 Å². The Morgan fingerprint density at radius 1 is 1.56 bits per heavy atom. The molecular weight excluding hydrogens is 230 g/mol. The van der Waals surface area contributed by atoms with Crippen LogP contribution < -0.4 is 5.73 Å². The van der Waals surface area contributed by atoms with Crippen molar-refractivity contribution < 1.29 is 4.52 Å². The lowest BCUT2D eigenvalue weighted by Crippen LogP contribution is -2.14. The highest BCUT2D eigenvalue weighted by molar-refractivity contribution is 5.26. The average molecular weight is 247 g/mol. The number of aryl methyl sites for hydroxylation is 2. The molecule has 0 bridgehead atoms. The molecule has 1 aliphatic carbocycles. The molecule has 1 unspecified atom stereocenters. The minimum atomic E-state index is -0.357. The number of nitrogens with zero attached hydrogens (tertiary/aromatic N) is 4. The monoisotopic (exact) mass is 247 g/mol. The van der Waals surface area contributed by atoms with E-state index in [0.29, 0.717) is 11.7 Å². The van der Waals surface area contributed by atoms with E-state index in [-0.39, 0.29) is 6.04 Å². The van der Waals surface area contributed by atoms with Crippen LogP contribution in [0.1, 0.15) is 54.7 Å². The summed E-state index contributed by atoms with van der Waals surface area (Å²) >= 11 is 0. The predicted octanol–water partition coefficient (Wildman–Crippen LogP) is 1.29. The van der Waals surface area contributed by atoms with Crippen molar-refractivity contribution in [3.8, 4) is 0 Å². The molecule has 18 heavy (non-hydrogen) atoms. The van der Waals surface area contributed by atoms with E-state index in [1.54, 1.807) is 4.68 Å². The van der Waals surface area contributed by atoms with Gasteiger partial charge in [0.15, 0.2) is 5.82 Å². The van der Waals surface area contributed by atoms with Crippen molar-refractivity contribution in [1.82, 2.24) is 19.9 Å². The minimum absolute atomic E-state index is 0.357. The smallest absolute Gasteiger partial charge is 0.229 e. The van der Waals surface area contributed by atoms with Gasteiger partial charge >= 0.3 is 0 Å². The minimum Gasteiger partial charge on any atom is -0.339 e. The summed E-state index contributed by atoms with van der Waals surface area (Å²) in [6.45, 7) is 2.06. The largest absolute Gasteiger partial charge is 0.339 e. The van der Waals surface area contributed by atoms with Crippen LogP contribution in [0.4, 0.5) is 0 Å². The first-order valence-corrected chi connectivity index (χ1v) is 6.30. The Morgan fingerprint density at radius 2 is 2.33 bits per heavy atom. The topological polar surface area (TPSA) is 82.8 Å². The molecule has 2 heterocycles. The molecule has 1 aliphatic rings. The zero-order valence-corrected chi connectivity index (χ0v) is 10.6. The highest BCUT2D eigenvalue weighted by Gasteiger charge is 2.31. The second-order valence-corrected chi connectivity index (χ2v) is 4.80. The Labute approximate surface area is 105 Å². The highest BCUT2D eigenvalue weighted by atomic mass is 16.5. The van der Waals surface area contributed by atoms with Crippen LogP contribution in [0.5, 0.6) is 0 Å². The van der Waals surface area contributed by atoms with Crippen molar-refractivity contribution in [2.24, 2.45) is 12.8 Å². The van der Waals surface area contributed by atoms with Gasteiger partial charge in [-0.2, -0.15) is 10.1 Å². The van der Waals surface area contributed by atoms with Gasteiger partial charge in [-0.25, -0.2) is 0 Å². The van der Waals surface area contributed by atoms with Crippen LogP contribution in [0.15, 0.2) is 10.7 Å². The van der Waals surface area contributed by atoms with Crippen molar-refractivity contribution in [1.29, 1.82) is 0 Å². The number of rotatable bonds is 4. The second kappa shape index (κ2) is 4.20. The Hall–Kier alpha value is -1.69. The third-order valence-electron chi connectivity index (χ3n) is 3.27. The lowest BCUT2D eigenvalue weighted by Gasteiger charge is -2.05. The van der Waals surface area contributed by atoms with Gasteiger partial charge < -0.3 is 10.3 Å². The summed E-state index contributed by atoms with van der Waals surface area (Å²) in [5.41, 5.74) is 8.17. The maximum absolute atomic E-state index is 6.20. The van der Waals surface area contributed by atoms with Crippen LogP contribution in [0, 0.1) is 0 Å². The van der Waals surface area contributed by atoms with Crippen LogP contribution in [0.3, 0.4) is 0 Å². The van der Waals surface area contributed by atoms with Gasteiger partial charge in [-0.1, -0.05) is 12.1 Å². The average Bonchev–Trinajstić information content (AvgIpc) is 2.97. The van der Waals surface area contributed by atoms with Crippen LogP contribution in [-0.4, -0.2) is 19.9 Å². The van der Waals surface area contributed by atoms with E-state index in [4.69, 9.17) is 10.3 Å². The first-order valence-electron chi connectivity index (χ1n) is 6.30. The van der Waals surface area contributed by atoms with Crippen LogP contribution in [0.25, 0.3) is 0 Å². The Balaban J connectivity index is 1.89. The molecule has 0 aliphatic heterocycles. The van der Waals surface area contributed by atoms with E-state index < -0.39 is 0 Å². The van der Waals surface area contributed by atoms with Crippen LogP contribution in [0.2, 0.25) is 0 Å². The fraction of sp³-hybridized carbons (Fsp3) is 0.583. The normalized spacial score (nSPS) is 17.1. The third-order valence-corrected chi connectivity index (χ3v) is 3.27. The maximum atomic E-state index is 6.20. The molecule has 1 atom stereocenters. The van der Waals surface area contributed by atoms with E-state index in [0.717, 1.165) is 36.4 Å². The Bertz CT molecular complexity index is 555. The third kappa shape index (κ3) is 1.92. The number of aromatic nitrogens is 4. The summed E-state index contributed by atoms with van der Waals surface area (Å²) in [6, 6.07) is -0.357. The fourth-order valence-electron chi connectivity index (χ4n) is 2.10. The molecule has 6 nitrogen and oxygen atoms in total. The van der Waals surface area contributed by atoms with Crippen molar-refractivity contribution in [2.75, 3.05) is 0 Å². The van der Waals surface area contributed by atoms with E-state index in [9.17, 15) is 0 Å². The molecule has 96 valence electrons. The molecule has 2 N–H and O–H groups in total. The summed E-state index contributed by atoms with van der Waals surface area (Å²) < 4.78 is 7.02. The summed E-state index contributed by atoms with van der Waals surface area (Å²) in [7, 11) is 1.89. The van der Waals surface area contributed by atoms with E-state index in [2.05, 4.69) is 22.2 Å². The van der Waals surface area contributed by atoms with Gasteiger partial charge in [0, 0.05) is 24.7 Å². The lowest BCUT2D eigenvalue weighted by atomic mass is 10.1. The zero-order valence-electron chi connectivity index (χ0n) is 10.6. The molecule has 0 amide bonds. The summed E-state index contributed by atoms with van der Waals surface area (Å²) in [5.74, 6) is 1.74. The van der Waals surface area contributed by atoms with E-state index in [1.165, 1.54) is 0 Å². The van der Waals surface area contributed by atoms with Gasteiger partial charge in [-0.3, -0.25) is 4.68 Å². The maximum Gasteiger partial charge on any atom is 0.229 e. The summed E-state index contributed by atoms with van der Waals surface area (Å²) in [4.78, 5) is 4.39. The molecule has 0 radical (unpaired) electrons. The van der Waals surface area contributed by atoms with Crippen LogP contribution in [-0.2, 0) is 13.5 Å². The molecule has 2 aromatic heterocycles. The molecule has 6 heteroatoms. The fourth-order valence-corrected chi connectivity index (χ4v) is 2.10. The SMILES string of the molecule is CCc1nn(C)cc1C(N)c1noc(C2CC2)n1. The van der Waals surface area contributed by atoms with Crippen molar-refractivity contribution in [3.63, 3.8) is 0 Å². The Kier molecular flexibility index (Phi) is 2.66. The quantitative estimate of drug-likeness (QED) is 0.880. The zero-order chi connectivity index (χ0) is 12.7. The summed E-state index contributed by atoms with van der Waals surface area (Å²) in [5, 5.41) is 8.37. The molecule has 0 aromatic carbocycles. The van der Waals surface area contributed by atoms with E-state index >= 15 is 0 Å². The highest BCUT2D eigenvalue weighted by Crippen LogP contribution is 2.39. The van der Waals surface area contributed by atoms with Crippen molar-refractivity contribution in [2.45, 2.75) is 38.1 Å². The molecule has 0 saturated heterocycles. The van der Waals surface area contributed by atoms with Gasteiger partial charge in [0.2, 0.25) is 5.89 Å².